The molecule has 0 aliphatic rings. The van der Waals surface area contributed by atoms with Crippen LogP contribution in [0, 0.1) is 0 Å². The summed E-state index contributed by atoms with van der Waals surface area (Å²) in [4.78, 5) is 13.2. The number of unbranched alkanes of at least 4 members (excludes halogenated alkanes) is 1. The molecule has 0 heterocycles. The summed E-state index contributed by atoms with van der Waals surface area (Å²) in [5.41, 5.74) is 2.71. The van der Waals surface area contributed by atoms with Crippen molar-refractivity contribution >= 4 is 37.5 Å². The van der Waals surface area contributed by atoms with Crippen LogP contribution in [0.2, 0.25) is 0 Å². The maximum atomic E-state index is 13.1. The van der Waals surface area contributed by atoms with Crippen LogP contribution in [-0.4, -0.2) is 20.4 Å². The summed E-state index contributed by atoms with van der Waals surface area (Å²) in [6.45, 7) is 2.15. The highest BCUT2D eigenvalue weighted by atomic mass is 79.9. The minimum atomic E-state index is -3.88. The van der Waals surface area contributed by atoms with Gasteiger partial charge in [0.25, 0.3) is 0 Å². The van der Waals surface area contributed by atoms with Gasteiger partial charge < -0.3 is 5.32 Å². The normalized spacial score (nSPS) is 12.3. The molecule has 3 rings (SSSR count). The maximum Gasteiger partial charge on any atom is 0.242 e. The van der Waals surface area contributed by atoms with Crippen molar-refractivity contribution in [3.63, 3.8) is 0 Å². The van der Waals surface area contributed by atoms with Gasteiger partial charge in [-0.2, -0.15) is 4.72 Å². The van der Waals surface area contributed by atoms with Gasteiger partial charge in [-0.15, -0.1) is 0 Å². The van der Waals surface area contributed by atoms with Crippen LogP contribution in [0.5, 0.6) is 0 Å². The van der Waals surface area contributed by atoms with Gasteiger partial charge in [-0.05, 0) is 66.8 Å². The zero-order valence-corrected chi connectivity index (χ0v) is 20.3. The molecule has 1 atom stereocenters. The standard InChI is InChI=1S/C25H27BrN2O3S/c1-2-3-7-19-10-14-22(15-11-19)27-25(29)24(18-20-8-5-4-6-9-20)28-32(30,31)23-16-12-21(26)13-17-23/h4-6,8-17,24,28H,2-3,7,18H2,1H3,(H,27,29)/t24-/m1/s1. The SMILES string of the molecule is CCCCc1ccc(NC(=O)[C@@H](Cc2ccccc2)NS(=O)(=O)c2ccc(Br)cc2)cc1. The summed E-state index contributed by atoms with van der Waals surface area (Å²) < 4.78 is 29.2. The molecule has 2 N–H and O–H groups in total. The maximum absolute atomic E-state index is 13.1. The summed E-state index contributed by atoms with van der Waals surface area (Å²) in [5.74, 6) is -0.407. The van der Waals surface area contributed by atoms with Crippen molar-refractivity contribution in [1.29, 1.82) is 0 Å². The number of sulfonamides is 1. The van der Waals surface area contributed by atoms with Crippen molar-refractivity contribution in [1.82, 2.24) is 4.72 Å². The highest BCUT2D eigenvalue weighted by Crippen LogP contribution is 2.17. The molecular formula is C25H27BrN2O3S. The molecule has 0 spiro atoms. The molecule has 168 valence electrons. The van der Waals surface area contributed by atoms with Gasteiger partial charge in [-0.3, -0.25) is 4.79 Å². The van der Waals surface area contributed by atoms with Gasteiger partial charge in [0.2, 0.25) is 15.9 Å². The first-order valence-corrected chi connectivity index (χ1v) is 12.9. The fourth-order valence-corrected chi connectivity index (χ4v) is 4.73. The second-order valence-electron chi connectivity index (χ2n) is 7.61. The van der Waals surface area contributed by atoms with Crippen molar-refractivity contribution in [2.45, 2.75) is 43.5 Å². The number of benzene rings is 3. The fourth-order valence-electron chi connectivity index (χ4n) is 3.27. The van der Waals surface area contributed by atoms with Crippen molar-refractivity contribution in [2.75, 3.05) is 5.32 Å². The number of anilines is 1. The van der Waals surface area contributed by atoms with E-state index >= 15 is 0 Å². The zero-order valence-electron chi connectivity index (χ0n) is 17.9. The molecule has 0 fully saturated rings. The lowest BCUT2D eigenvalue weighted by Gasteiger charge is -2.19. The quantitative estimate of drug-likeness (QED) is 0.384. The van der Waals surface area contributed by atoms with Crippen LogP contribution >= 0.6 is 15.9 Å². The highest BCUT2D eigenvalue weighted by molar-refractivity contribution is 9.10. The average Bonchev–Trinajstić information content (AvgIpc) is 2.79. The third-order valence-electron chi connectivity index (χ3n) is 5.06. The largest absolute Gasteiger partial charge is 0.325 e. The molecule has 1 amide bonds. The van der Waals surface area contributed by atoms with Crippen molar-refractivity contribution in [3.05, 3.63) is 94.5 Å². The van der Waals surface area contributed by atoms with E-state index in [-0.39, 0.29) is 11.3 Å². The number of aryl methyl sites for hydroxylation is 1. The second kappa shape index (κ2) is 11.4. The van der Waals surface area contributed by atoms with E-state index in [9.17, 15) is 13.2 Å². The molecular weight excluding hydrogens is 488 g/mol. The second-order valence-corrected chi connectivity index (χ2v) is 10.2. The van der Waals surface area contributed by atoms with Gasteiger partial charge >= 0.3 is 0 Å². The van der Waals surface area contributed by atoms with Gasteiger partial charge in [-0.25, -0.2) is 8.42 Å². The summed E-state index contributed by atoms with van der Waals surface area (Å²) in [7, 11) is -3.88. The Kier molecular flexibility index (Phi) is 8.61. The van der Waals surface area contributed by atoms with E-state index in [4.69, 9.17) is 0 Å². The molecule has 0 unspecified atom stereocenters. The minimum absolute atomic E-state index is 0.104. The van der Waals surface area contributed by atoms with Crippen LogP contribution in [-0.2, 0) is 27.7 Å². The molecule has 3 aromatic rings. The molecule has 0 aliphatic heterocycles. The molecule has 5 nitrogen and oxygen atoms in total. The van der Waals surface area contributed by atoms with Gasteiger partial charge in [0.15, 0.2) is 0 Å². The fraction of sp³-hybridized carbons (Fsp3) is 0.240. The number of rotatable bonds is 10. The lowest BCUT2D eigenvalue weighted by atomic mass is 10.1. The Hall–Kier alpha value is -2.48. The molecule has 0 radical (unpaired) electrons. The Balaban J connectivity index is 1.78. The van der Waals surface area contributed by atoms with E-state index in [0.29, 0.717) is 5.69 Å². The number of nitrogens with one attached hydrogen (secondary N) is 2. The van der Waals surface area contributed by atoms with Gasteiger partial charge in [0.1, 0.15) is 6.04 Å². The van der Waals surface area contributed by atoms with Crippen molar-refractivity contribution < 1.29 is 13.2 Å². The highest BCUT2D eigenvalue weighted by Gasteiger charge is 2.26. The van der Waals surface area contributed by atoms with E-state index < -0.39 is 22.0 Å². The lowest BCUT2D eigenvalue weighted by Crippen LogP contribution is -2.45. The molecule has 3 aromatic carbocycles. The summed E-state index contributed by atoms with van der Waals surface area (Å²) in [6, 6.07) is 22.4. The number of carbonyl (C=O) groups excluding carboxylic acids is 1. The molecule has 7 heteroatoms. The van der Waals surface area contributed by atoms with E-state index in [1.54, 1.807) is 12.1 Å². The molecule has 0 saturated heterocycles. The number of carbonyl (C=O) groups is 1. The van der Waals surface area contributed by atoms with E-state index in [0.717, 1.165) is 29.3 Å². The first kappa shape index (κ1) is 24.2. The van der Waals surface area contributed by atoms with Crippen molar-refractivity contribution in [3.8, 4) is 0 Å². The van der Waals surface area contributed by atoms with Crippen molar-refractivity contribution in [2.24, 2.45) is 0 Å². The van der Waals surface area contributed by atoms with E-state index in [2.05, 4.69) is 32.9 Å². The Morgan fingerprint density at radius 3 is 2.19 bits per heavy atom. The Morgan fingerprint density at radius 2 is 1.56 bits per heavy atom. The molecule has 32 heavy (non-hydrogen) atoms. The Labute approximate surface area is 198 Å². The number of halogens is 1. The van der Waals surface area contributed by atoms with Crippen LogP contribution in [0.1, 0.15) is 30.9 Å². The predicted molar refractivity (Wildman–Crippen MR) is 132 cm³/mol. The van der Waals surface area contributed by atoms with E-state index in [1.165, 1.54) is 17.7 Å². The number of amides is 1. The average molecular weight is 515 g/mol. The molecule has 0 bridgehead atoms. The molecule has 0 aromatic heterocycles. The Bertz CT molecular complexity index is 1120. The zero-order chi connectivity index (χ0) is 23.0. The monoisotopic (exact) mass is 514 g/mol. The first-order valence-electron chi connectivity index (χ1n) is 10.6. The summed E-state index contributed by atoms with van der Waals surface area (Å²) in [5, 5.41) is 2.86. The van der Waals surface area contributed by atoms with E-state index in [1.807, 2.05) is 54.6 Å². The molecule has 0 saturated carbocycles. The van der Waals surface area contributed by atoms with Crippen LogP contribution in [0.25, 0.3) is 0 Å². The van der Waals surface area contributed by atoms with Crippen LogP contribution in [0.3, 0.4) is 0 Å². The first-order chi connectivity index (χ1) is 15.4. The third kappa shape index (κ3) is 7.02. The Morgan fingerprint density at radius 1 is 0.906 bits per heavy atom. The summed E-state index contributed by atoms with van der Waals surface area (Å²) >= 11 is 3.31. The summed E-state index contributed by atoms with van der Waals surface area (Å²) in [6.07, 6.45) is 3.46. The van der Waals surface area contributed by atoms with Gasteiger partial charge in [0.05, 0.1) is 4.90 Å². The predicted octanol–water partition coefficient (Wildman–Crippen LogP) is 5.32. The van der Waals surface area contributed by atoms with Crippen LogP contribution < -0.4 is 10.0 Å². The van der Waals surface area contributed by atoms with Gasteiger partial charge in [0, 0.05) is 10.2 Å². The minimum Gasteiger partial charge on any atom is -0.325 e. The number of hydrogen-bond acceptors (Lipinski definition) is 3. The third-order valence-corrected chi connectivity index (χ3v) is 7.08. The van der Waals surface area contributed by atoms with Crippen LogP contribution in [0.4, 0.5) is 5.69 Å². The van der Waals surface area contributed by atoms with Crippen LogP contribution in [0.15, 0.2) is 88.2 Å². The smallest absolute Gasteiger partial charge is 0.242 e. The molecule has 0 aliphatic carbocycles. The number of hydrogen-bond donors (Lipinski definition) is 2. The topological polar surface area (TPSA) is 75.3 Å². The lowest BCUT2D eigenvalue weighted by molar-refractivity contribution is -0.117. The van der Waals surface area contributed by atoms with Gasteiger partial charge in [-0.1, -0.05) is 71.7 Å².